The summed E-state index contributed by atoms with van der Waals surface area (Å²) in [6.07, 6.45) is 1.46. The third-order valence-electron chi connectivity index (χ3n) is 5.97. The van der Waals surface area contributed by atoms with Crippen LogP contribution < -0.4 is 19.6 Å². The van der Waals surface area contributed by atoms with Gasteiger partial charge in [-0.2, -0.15) is 5.10 Å². The van der Waals surface area contributed by atoms with Gasteiger partial charge in [0, 0.05) is 5.56 Å². The average molecular weight is 531 g/mol. The van der Waals surface area contributed by atoms with E-state index in [1.165, 1.54) is 6.21 Å². The molecule has 1 amide bonds. The molecule has 0 bridgehead atoms. The van der Waals surface area contributed by atoms with Crippen molar-refractivity contribution in [2.75, 3.05) is 6.61 Å². The summed E-state index contributed by atoms with van der Waals surface area (Å²) in [6, 6.07) is 36.9. The fourth-order valence-corrected chi connectivity index (χ4v) is 3.95. The quantitative estimate of drug-likeness (QED) is 0.101. The topological polar surface area (TPSA) is 86.2 Å². The first-order valence-corrected chi connectivity index (χ1v) is 12.7. The number of rotatable bonds is 10. The lowest BCUT2D eigenvalue weighted by molar-refractivity contribution is -0.123. The van der Waals surface area contributed by atoms with Crippen LogP contribution in [0.2, 0.25) is 0 Å². The molecule has 40 heavy (non-hydrogen) atoms. The van der Waals surface area contributed by atoms with Crippen molar-refractivity contribution < 1.29 is 23.8 Å². The zero-order chi connectivity index (χ0) is 27.6. The molecule has 0 atom stereocenters. The summed E-state index contributed by atoms with van der Waals surface area (Å²) in [5.41, 5.74) is 4.54. The number of fused-ring (bicyclic) bond motifs is 1. The minimum atomic E-state index is -0.487. The van der Waals surface area contributed by atoms with Gasteiger partial charge in [-0.15, -0.1) is 0 Å². The Morgan fingerprint density at radius 3 is 2.10 bits per heavy atom. The van der Waals surface area contributed by atoms with Crippen LogP contribution in [0.5, 0.6) is 17.2 Å². The van der Waals surface area contributed by atoms with E-state index in [0.717, 1.165) is 16.3 Å². The van der Waals surface area contributed by atoms with Gasteiger partial charge in [-0.1, -0.05) is 78.9 Å². The van der Waals surface area contributed by atoms with Crippen LogP contribution >= 0.6 is 0 Å². The van der Waals surface area contributed by atoms with Crippen LogP contribution in [0.1, 0.15) is 21.5 Å². The fourth-order valence-electron chi connectivity index (χ4n) is 3.95. The molecular formula is C33H26N2O5. The van der Waals surface area contributed by atoms with E-state index in [1.54, 1.807) is 54.6 Å². The maximum absolute atomic E-state index is 12.7. The Morgan fingerprint density at radius 1 is 0.700 bits per heavy atom. The molecule has 5 aromatic carbocycles. The van der Waals surface area contributed by atoms with Gasteiger partial charge in [-0.05, 0) is 58.8 Å². The molecular weight excluding hydrogens is 504 g/mol. The van der Waals surface area contributed by atoms with Gasteiger partial charge < -0.3 is 14.2 Å². The summed E-state index contributed by atoms with van der Waals surface area (Å²) < 4.78 is 17.0. The normalized spacial score (nSPS) is 10.8. The van der Waals surface area contributed by atoms with Crippen LogP contribution in [0.3, 0.4) is 0 Å². The number of nitrogens with zero attached hydrogens (tertiary/aromatic N) is 1. The highest BCUT2D eigenvalue weighted by Crippen LogP contribution is 2.27. The molecule has 0 aromatic heterocycles. The molecule has 0 spiro atoms. The van der Waals surface area contributed by atoms with E-state index in [0.29, 0.717) is 35.0 Å². The molecule has 0 aliphatic rings. The minimum Gasteiger partial charge on any atom is -0.489 e. The molecule has 0 radical (unpaired) electrons. The Bertz CT molecular complexity index is 1620. The van der Waals surface area contributed by atoms with Crippen LogP contribution in [-0.4, -0.2) is 24.7 Å². The van der Waals surface area contributed by atoms with Crippen molar-refractivity contribution in [2.24, 2.45) is 5.10 Å². The highest BCUT2D eigenvalue weighted by Gasteiger charge is 2.13. The number of ether oxygens (including phenoxy) is 3. The van der Waals surface area contributed by atoms with Gasteiger partial charge in [0.15, 0.2) is 6.61 Å². The van der Waals surface area contributed by atoms with Crippen LogP contribution in [-0.2, 0) is 11.4 Å². The molecule has 5 rings (SSSR count). The van der Waals surface area contributed by atoms with Crippen molar-refractivity contribution in [1.82, 2.24) is 5.43 Å². The Labute approximate surface area is 231 Å². The molecule has 0 fully saturated rings. The molecule has 0 saturated heterocycles. The maximum atomic E-state index is 12.7. The fraction of sp³-hybridized carbons (Fsp3) is 0.0606. The van der Waals surface area contributed by atoms with E-state index in [1.807, 2.05) is 66.7 Å². The Morgan fingerprint density at radius 2 is 1.35 bits per heavy atom. The number of nitrogens with one attached hydrogen (secondary N) is 1. The van der Waals surface area contributed by atoms with Crippen molar-refractivity contribution in [3.8, 4) is 17.2 Å². The molecule has 0 unspecified atom stereocenters. The molecule has 0 saturated carbocycles. The second-order valence-corrected chi connectivity index (χ2v) is 8.78. The van der Waals surface area contributed by atoms with E-state index < -0.39 is 11.9 Å². The highest BCUT2D eigenvalue weighted by molar-refractivity contribution is 6.04. The smallest absolute Gasteiger partial charge is 0.343 e. The van der Waals surface area contributed by atoms with E-state index in [-0.39, 0.29) is 6.61 Å². The van der Waals surface area contributed by atoms with Crippen molar-refractivity contribution >= 4 is 28.9 Å². The van der Waals surface area contributed by atoms with E-state index in [4.69, 9.17) is 14.2 Å². The molecule has 0 aliphatic heterocycles. The number of carbonyl (C=O) groups excluding carboxylic acids is 2. The summed E-state index contributed by atoms with van der Waals surface area (Å²) in [4.78, 5) is 25.1. The van der Waals surface area contributed by atoms with Gasteiger partial charge in [-0.25, -0.2) is 10.2 Å². The summed E-state index contributed by atoms with van der Waals surface area (Å²) in [5.74, 6) is 0.624. The predicted octanol–water partition coefficient (Wildman–Crippen LogP) is 6.17. The zero-order valence-electron chi connectivity index (χ0n) is 21.5. The van der Waals surface area contributed by atoms with Crippen molar-refractivity contribution in [1.29, 1.82) is 0 Å². The van der Waals surface area contributed by atoms with Crippen LogP contribution in [0.4, 0.5) is 0 Å². The van der Waals surface area contributed by atoms with E-state index in [2.05, 4.69) is 10.5 Å². The molecule has 0 heterocycles. The van der Waals surface area contributed by atoms with Gasteiger partial charge in [0.25, 0.3) is 5.91 Å². The second-order valence-electron chi connectivity index (χ2n) is 8.78. The molecule has 7 nitrogen and oxygen atoms in total. The summed E-state index contributed by atoms with van der Waals surface area (Å²) in [5, 5.41) is 5.86. The molecule has 0 aliphatic carbocycles. The van der Waals surface area contributed by atoms with Crippen LogP contribution in [0, 0.1) is 0 Å². The number of esters is 1. The van der Waals surface area contributed by atoms with Crippen LogP contribution in [0.25, 0.3) is 10.8 Å². The summed E-state index contributed by atoms with van der Waals surface area (Å²) in [7, 11) is 0. The third-order valence-corrected chi connectivity index (χ3v) is 5.97. The van der Waals surface area contributed by atoms with Crippen LogP contribution in [0.15, 0.2) is 126 Å². The monoisotopic (exact) mass is 530 g/mol. The summed E-state index contributed by atoms with van der Waals surface area (Å²) in [6.45, 7) is 0.234. The molecule has 198 valence electrons. The first-order valence-electron chi connectivity index (χ1n) is 12.7. The zero-order valence-corrected chi connectivity index (χ0v) is 21.5. The minimum absolute atomic E-state index is 0.229. The largest absolute Gasteiger partial charge is 0.489 e. The third kappa shape index (κ3) is 6.90. The Kier molecular flexibility index (Phi) is 8.44. The maximum Gasteiger partial charge on any atom is 0.343 e. The van der Waals surface area contributed by atoms with E-state index >= 15 is 0 Å². The number of hydrazone groups is 1. The average Bonchev–Trinajstić information content (AvgIpc) is 3.01. The molecule has 7 heteroatoms. The summed E-state index contributed by atoms with van der Waals surface area (Å²) >= 11 is 0. The number of amides is 1. The Balaban J connectivity index is 1.19. The number of benzene rings is 5. The SMILES string of the molecule is O=C(COc1ccc(OCc2ccccc2)cc1)N/N=C/c1c(OC(=O)c2ccccc2)ccc2ccccc12. The number of hydrogen-bond acceptors (Lipinski definition) is 6. The standard InChI is InChI=1S/C33H26N2O5/c36-32(23-39-28-18-16-27(17-19-28)38-22-24-9-3-1-4-10-24)35-34-21-30-29-14-8-7-11-25(29)15-20-31(30)40-33(37)26-12-5-2-6-13-26/h1-21H,22-23H2,(H,35,36)/b34-21+. The predicted molar refractivity (Wildman–Crippen MR) is 154 cm³/mol. The highest BCUT2D eigenvalue weighted by atomic mass is 16.5. The van der Waals surface area contributed by atoms with Gasteiger partial charge in [-0.3, -0.25) is 4.79 Å². The lowest BCUT2D eigenvalue weighted by Crippen LogP contribution is -2.24. The lowest BCUT2D eigenvalue weighted by Gasteiger charge is -2.11. The van der Waals surface area contributed by atoms with Gasteiger partial charge in [0.05, 0.1) is 11.8 Å². The Hall–Kier alpha value is -5.43. The van der Waals surface area contributed by atoms with Gasteiger partial charge in [0.1, 0.15) is 23.9 Å². The number of carbonyl (C=O) groups is 2. The molecule has 1 N–H and O–H groups in total. The van der Waals surface area contributed by atoms with Gasteiger partial charge >= 0.3 is 5.97 Å². The van der Waals surface area contributed by atoms with E-state index in [9.17, 15) is 9.59 Å². The van der Waals surface area contributed by atoms with Crippen molar-refractivity contribution in [3.05, 3.63) is 138 Å². The first-order chi connectivity index (χ1) is 19.7. The van der Waals surface area contributed by atoms with Crippen molar-refractivity contribution in [2.45, 2.75) is 6.61 Å². The van der Waals surface area contributed by atoms with Gasteiger partial charge in [0.2, 0.25) is 0 Å². The lowest BCUT2D eigenvalue weighted by atomic mass is 10.0. The van der Waals surface area contributed by atoms with Crippen molar-refractivity contribution in [3.63, 3.8) is 0 Å². The number of hydrogen-bond donors (Lipinski definition) is 1. The second kappa shape index (κ2) is 12.9. The molecule has 5 aromatic rings. The first kappa shape index (κ1) is 26.2.